The summed E-state index contributed by atoms with van der Waals surface area (Å²) in [4.78, 5) is 1.20. The van der Waals surface area contributed by atoms with Crippen molar-refractivity contribution >= 4 is 38.9 Å². The molecule has 0 saturated heterocycles. The topological polar surface area (TPSA) is 12.0 Å². The van der Waals surface area contributed by atoms with Gasteiger partial charge in [0, 0.05) is 15.9 Å². The highest BCUT2D eigenvalue weighted by atomic mass is 79.9. The molecule has 1 N–H and O–H groups in total. The van der Waals surface area contributed by atoms with E-state index in [4.69, 9.17) is 11.6 Å². The van der Waals surface area contributed by atoms with Gasteiger partial charge in [-0.05, 0) is 71.2 Å². The van der Waals surface area contributed by atoms with Crippen LogP contribution in [-0.2, 0) is 6.42 Å². The fraction of sp³-hybridized carbons (Fsp3) is 0.333. The fourth-order valence-corrected chi connectivity index (χ4v) is 3.72. The highest BCUT2D eigenvalue weighted by Crippen LogP contribution is 2.30. The van der Waals surface area contributed by atoms with Gasteiger partial charge >= 0.3 is 0 Å². The second-order valence-electron chi connectivity index (χ2n) is 4.59. The van der Waals surface area contributed by atoms with Gasteiger partial charge in [0.05, 0.1) is 3.79 Å². The van der Waals surface area contributed by atoms with Crippen molar-refractivity contribution < 1.29 is 4.39 Å². The first kappa shape index (κ1) is 16.0. The van der Waals surface area contributed by atoms with Gasteiger partial charge in [-0.1, -0.05) is 18.5 Å². The molecule has 1 atom stereocenters. The molecule has 2 aromatic rings. The summed E-state index contributed by atoms with van der Waals surface area (Å²) in [6, 6.07) is 8.93. The third-order valence-corrected chi connectivity index (χ3v) is 4.98. The molecule has 5 heteroatoms. The van der Waals surface area contributed by atoms with E-state index in [0.29, 0.717) is 17.0 Å². The average Bonchev–Trinajstić information content (AvgIpc) is 2.85. The van der Waals surface area contributed by atoms with E-state index in [1.165, 1.54) is 10.9 Å². The lowest BCUT2D eigenvalue weighted by Gasteiger charge is -2.17. The van der Waals surface area contributed by atoms with E-state index in [0.717, 1.165) is 16.8 Å². The zero-order valence-corrected chi connectivity index (χ0v) is 14.3. The average molecular weight is 377 g/mol. The number of halogens is 3. The van der Waals surface area contributed by atoms with Gasteiger partial charge < -0.3 is 5.32 Å². The predicted molar refractivity (Wildman–Crippen MR) is 88.2 cm³/mol. The Morgan fingerprint density at radius 3 is 2.80 bits per heavy atom. The van der Waals surface area contributed by atoms with Gasteiger partial charge in [-0.15, -0.1) is 11.3 Å². The molecule has 20 heavy (non-hydrogen) atoms. The van der Waals surface area contributed by atoms with Crippen LogP contribution in [0.1, 0.15) is 29.8 Å². The Bertz CT molecular complexity index is 573. The quantitative estimate of drug-likeness (QED) is 0.693. The molecule has 0 bridgehead atoms. The van der Waals surface area contributed by atoms with Crippen molar-refractivity contribution in [3.05, 3.63) is 55.4 Å². The van der Waals surface area contributed by atoms with Crippen molar-refractivity contribution in [3.8, 4) is 0 Å². The Morgan fingerprint density at radius 2 is 2.15 bits per heavy atom. The van der Waals surface area contributed by atoms with E-state index in [9.17, 15) is 4.39 Å². The number of hydrogen-bond acceptors (Lipinski definition) is 2. The monoisotopic (exact) mass is 375 g/mol. The molecule has 2 rings (SSSR count). The first-order valence-electron chi connectivity index (χ1n) is 6.52. The van der Waals surface area contributed by atoms with Crippen molar-refractivity contribution in [2.24, 2.45) is 0 Å². The number of benzene rings is 1. The first-order chi connectivity index (χ1) is 9.60. The van der Waals surface area contributed by atoms with Crippen LogP contribution in [0.5, 0.6) is 0 Å². The number of thiophene rings is 1. The lowest BCUT2D eigenvalue weighted by Crippen LogP contribution is -2.23. The summed E-state index contributed by atoms with van der Waals surface area (Å²) < 4.78 is 15.0. The normalized spacial score (nSPS) is 12.6. The lowest BCUT2D eigenvalue weighted by atomic mass is 10.0. The predicted octanol–water partition coefficient (Wildman–Crippen LogP) is 5.59. The molecule has 1 aromatic carbocycles. The SMILES string of the molecule is CCCNC(Cc1cc(Cl)ccc1F)c1ccc(Br)s1. The van der Waals surface area contributed by atoms with Gasteiger partial charge in [-0.25, -0.2) is 4.39 Å². The van der Waals surface area contributed by atoms with Crippen LogP contribution in [0, 0.1) is 5.82 Å². The van der Waals surface area contributed by atoms with Crippen molar-refractivity contribution in [2.75, 3.05) is 6.54 Å². The van der Waals surface area contributed by atoms with E-state index in [-0.39, 0.29) is 11.9 Å². The fourth-order valence-electron chi connectivity index (χ4n) is 2.03. The molecule has 1 unspecified atom stereocenters. The van der Waals surface area contributed by atoms with Crippen molar-refractivity contribution in [1.82, 2.24) is 5.32 Å². The molecule has 1 aromatic heterocycles. The Hall–Kier alpha value is -0.420. The molecule has 0 radical (unpaired) electrons. The van der Waals surface area contributed by atoms with Crippen LogP contribution in [0.25, 0.3) is 0 Å². The zero-order valence-electron chi connectivity index (χ0n) is 11.1. The molecule has 0 saturated carbocycles. The molecular formula is C15H16BrClFNS. The lowest BCUT2D eigenvalue weighted by molar-refractivity contribution is 0.519. The molecule has 0 amide bonds. The van der Waals surface area contributed by atoms with Gasteiger partial charge in [-0.2, -0.15) is 0 Å². The summed E-state index contributed by atoms with van der Waals surface area (Å²) in [6.45, 7) is 3.02. The van der Waals surface area contributed by atoms with Gasteiger partial charge in [-0.3, -0.25) is 0 Å². The minimum atomic E-state index is -0.201. The van der Waals surface area contributed by atoms with Crippen LogP contribution in [0.3, 0.4) is 0 Å². The largest absolute Gasteiger partial charge is 0.309 e. The highest BCUT2D eigenvalue weighted by Gasteiger charge is 2.16. The van der Waals surface area contributed by atoms with Crippen molar-refractivity contribution in [3.63, 3.8) is 0 Å². The van der Waals surface area contributed by atoms with Crippen LogP contribution in [0.2, 0.25) is 5.02 Å². The van der Waals surface area contributed by atoms with Crippen molar-refractivity contribution in [1.29, 1.82) is 0 Å². The Labute approximate surface area is 136 Å². The van der Waals surface area contributed by atoms with E-state index >= 15 is 0 Å². The van der Waals surface area contributed by atoms with Gasteiger partial charge in [0.15, 0.2) is 0 Å². The molecule has 1 nitrogen and oxygen atoms in total. The second kappa shape index (κ2) is 7.55. The highest BCUT2D eigenvalue weighted by molar-refractivity contribution is 9.11. The van der Waals surface area contributed by atoms with Crippen LogP contribution in [0.4, 0.5) is 4.39 Å². The second-order valence-corrected chi connectivity index (χ2v) is 7.52. The molecule has 1 heterocycles. The minimum absolute atomic E-state index is 0.110. The van der Waals surface area contributed by atoms with Crippen molar-refractivity contribution in [2.45, 2.75) is 25.8 Å². The standard InChI is InChI=1S/C15H16BrClFNS/c1-2-7-19-13(14-5-6-15(16)20-14)9-10-8-11(17)3-4-12(10)18/h3-6,8,13,19H,2,7,9H2,1H3. The van der Waals surface area contributed by atoms with Crippen LogP contribution >= 0.6 is 38.9 Å². The Balaban J connectivity index is 2.21. The van der Waals surface area contributed by atoms with Gasteiger partial charge in [0.25, 0.3) is 0 Å². The molecule has 0 fully saturated rings. The Morgan fingerprint density at radius 1 is 1.35 bits per heavy atom. The maximum absolute atomic E-state index is 13.9. The molecule has 0 aliphatic carbocycles. The van der Waals surface area contributed by atoms with Crippen LogP contribution < -0.4 is 5.32 Å². The molecular weight excluding hydrogens is 361 g/mol. The van der Waals surface area contributed by atoms with Gasteiger partial charge in [0.1, 0.15) is 5.82 Å². The van der Waals surface area contributed by atoms with E-state index < -0.39 is 0 Å². The van der Waals surface area contributed by atoms with E-state index in [1.807, 2.05) is 6.07 Å². The van der Waals surface area contributed by atoms with Crippen LogP contribution in [0.15, 0.2) is 34.1 Å². The molecule has 0 aliphatic rings. The van der Waals surface area contributed by atoms with Crippen LogP contribution in [-0.4, -0.2) is 6.54 Å². The maximum atomic E-state index is 13.9. The third-order valence-electron chi connectivity index (χ3n) is 3.01. The minimum Gasteiger partial charge on any atom is -0.309 e. The molecule has 108 valence electrons. The summed E-state index contributed by atoms with van der Waals surface area (Å²) in [5.41, 5.74) is 0.649. The smallest absolute Gasteiger partial charge is 0.126 e. The number of nitrogens with one attached hydrogen (secondary N) is 1. The van der Waals surface area contributed by atoms with Gasteiger partial charge in [0.2, 0.25) is 0 Å². The molecule has 0 spiro atoms. The first-order valence-corrected chi connectivity index (χ1v) is 8.51. The van der Waals surface area contributed by atoms with E-state index in [2.05, 4.69) is 34.2 Å². The summed E-state index contributed by atoms with van der Waals surface area (Å²) in [6.07, 6.45) is 1.64. The van der Waals surface area contributed by atoms with E-state index in [1.54, 1.807) is 23.5 Å². The number of rotatable bonds is 6. The summed E-state index contributed by atoms with van der Waals surface area (Å²) in [5.74, 6) is -0.201. The summed E-state index contributed by atoms with van der Waals surface area (Å²) in [5, 5.41) is 4.05. The molecule has 0 aliphatic heterocycles. The summed E-state index contributed by atoms with van der Waals surface area (Å²) >= 11 is 11.1. The number of hydrogen-bond donors (Lipinski definition) is 1. The zero-order chi connectivity index (χ0) is 14.5. The Kier molecular flexibility index (Phi) is 6.02. The summed E-state index contributed by atoms with van der Waals surface area (Å²) in [7, 11) is 0. The third kappa shape index (κ3) is 4.29. The maximum Gasteiger partial charge on any atom is 0.126 e.